The fourth-order valence-corrected chi connectivity index (χ4v) is 12.3. The molecular formula is C64H38N6. The lowest BCUT2D eigenvalue weighted by atomic mass is 9.90. The van der Waals surface area contributed by atoms with Crippen LogP contribution in [0.25, 0.3) is 142 Å². The Hall–Kier alpha value is -9.52. The zero-order valence-corrected chi connectivity index (χ0v) is 37.6. The van der Waals surface area contributed by atoms with Gasteiger partial charge in [0, 0.05) is 89.0 Å². The Kier molecular flexibility index (Phi) is 7.52. The number of rotatable bonds is 4. The molecule has 0 saturated carbocycles. The van der Waals surface area contributed by atoms with Crippen LogP contribution >= 0.6 is 0 Å². The maximum Gasteiger partial charge on any atom is 0.0724 e. The van der Waals surface area contributed by atoms with E-state index in [0.29, 0.717) is 0 Å². The van der Waals surface area contributed by atoms with E-state index < -0.39 is 0 Å². The van der Waals surface area contributed by atoms with Crippen molar-refractivity contribution in [2.24, 2.45) is 0 Å². The predicted molar refractivity (Wildman–Crippen MR) is 292 cm³/mol. The Morgan fingerprint density at radius 1 is 0.229 bits per heavy atom. The van der Waals surface area contributed by atoms with Crippen LogP contribution in [0.1, 0.15) is 0 Å². The van der Waals surface area contributed by atoms with Crippen LogP contribution in [-0.2, 0) is 0 Å². The summed E-state index contributed by atoms with van der Waals surface area (Å²) in [6.07, 6.45) is 7.99. The van der Waals surface area contributed by atoms with Crippen LogP contribution in [0, 0.1) is 0 Å². The van der Waals surface area contributed by atoms with Crippen molar-refractivity contribution in [3.8, 4) is 22.7 Å². The molecular weight excluding hydrogens is 853 g/mol. The molecule has 0 fully saturated rings. The molecule has 0 saturated heterocycles. The van der Waals surface area contributed by atoms with Gasteiger partial charge in [0.05, 0.1) is 56.5 Å². The first kappa shape index (κ1) is 37.6. The molecule has 10 aromatic carbocycles. The molecule has 6 nitrogen and oxygen atoms in total. The van der Waals surface area contributed by atoms with E-state index in [0.717, 1.165) is 44.8 Å². The number of pyridine rings is 2. The van der Waals surface area contributed by atoms with E-state index in [1.54, 1.807) is 0 Å². The van der Waals surface area contributed by atoms with Gasteiger partial charge in [-0.2, -0.15) is 0 Å². The van der Waals surface area contributed by atoms with E-state index >= 15 is 0 Å². The Morgan fingerprint density at radius 3 is 1.01 bits per heavy atom. The van der Waals surface area contributed by atoms with Crippen LogP contribution in [0.3, 0.4) is 0 Å². The Labute approximate surface area is 399 Å². The summed E-state index contributed by atoms with van der Waals surface area (Å²) >= 11 is 0. The van der Waals surface area contributed by atoms with Gasteiger partial charge in [-0.25, -0.2) is 0 Å². The molecule has 324 valence electrons. The maximum atomic E-state index is 4.84. The number of aromatic nitrogens is 6. The smallest absolute Gasteiger partial charge is 0.0724 e. The van der Waals surface area contributed by atoms with E-state index in [2.05, 4.69) is 237 Å². The maximum absolute atomic E-state index is 4.84. The minimum atomic E-state index is 1.07. The Balaban J connectivity index is 1.10. The highest BCUT2D eigenvalue weighted by Gasteiger charge is 2.27. The van der Waals surface area contributed by atoms with Gasteiger partial charge in [0.25, 0.3) is 0 Å². The molecule has 0 spiro atoms. The monoisotopic (exact) mass is 890 g/mol. The van der Waals surface area contributed by atoms with Gasteiger partial charge in [0.1, 0.15) is 0 Å². The molecule has 0 amide bonds. The molecule has 0 N–H and O–H groups in total. The largest absolute Gasteiger partial charge is 0.309 e. The molecule has 70 heavy (non-hydrogen) atoms. The van der Waals surface area contributed by atoms with E-state index in [1.165, 1.54) is 97.5 Å². The van der Waals surface area contributed by atoms with Crippen LogP contribution in [0.15, 0.2) is 231 Å². The lowest BCUT2D eigenvalue weighted by Gasteiger charge is -2.18. The van der Waals surface area contributed by atoms with Gasteiger partial charge in [-0.3, -0.25) is 9.97 Å². The molecule has 16 rings (SSSR count). The van der Waals surface area contributed by atoms with Crippen molar-refractivity contribution in [1.29, 1.82) is 0 Å². The fourth-order valence-electron chi connectivity index (χ4n) is 12.3. The molecule has 0 aliphatic carbocycles. The molecule has 0 unspecified atom stereocenters. The molecule has 16 aromatic rings. The third-order valence-corrected chi connectivity index (χ3v) is 15.1. The topological polar surface area (TPSA) is 45.5 Å². The van der Waals surface area contributed by atoms with Gasteiger partial charge in [-0.05, 0) is 106 Å². The van der Waals surface area contributed by atoms with Gasteiger partial charge in [0.15, 0.2) is 0 Å². The summed E-state index contributed by atoms with van der Waals surface area (Å²) in [5.41, 5.74) is 13.6. The van der Waals surface area contributed by atoms with Gasteiger partial charge in [0.2, 0.25) is 0 Å². The molecule has 0 atom stereocenters. The van der Waals surface area contributed by atoms with Crippen molar-refractivity contribution in [2.75, 3.05) is 0 Å². The minimum absolute atomic E-state index is 1.07. The number of benzene rings is 10. The van der Waals surface area contributed by atoms with Crippen molar-refractivity contribution < 1.29 is 0 Å². The van der Waals surface area contributed by atoms with Crippen LogP contribution in [0.5, 0.6) is 0 Å². The lowest BCUT2D eigenvalue weighted by Crippen LogP contribution is -1.99. The van der Waals surface area contributed by atoms with Crippen molar-refractivity contribution >= 4 is 120 Å². The highest BCUT2D eigenvalue weighted by atomic mass is 15.0. The highest BCUT2D eigenvalue weighted by molar-refractivity contribution is 6.44. The van der Waals surface area contributed by atoms with Crippen LogP contribution in [-0.4, -0.2) is 28.2 Å². The Morgan fingerprint density at radius 2 is 0.586 bits per heavy atom. The normalized spacial score (nSPS) is 12.3. The van der Waals surface area contributed by atoms with Crippen LogP contribution in [0.4, 0.5) is 0 Å². The molecule has 6 heteroatoms. The zero-order valence-electron chi connectivity index (χ0n) is 37.6. The van der Waals surface area contributed by atoms with E-state index in [9.17, 15) is 0 Å². The van der Waals surface area contributed by atoms with Gasteiger partial charge < -0.3 is 18.3 Å². The average Bonchev–Trinajstić information content (AvgIpc) is 4.16. The first-order valence-corrected chi connectivity index (χ1v) is 23.9. The van der Waals surface area contributed by atoms with E-state index in [4.69, 9.17) is 9.97 Å². The first-order valence-electron chi connectivity index (χ1n) is 23.9. The number of fused-ring (bicyclic) bond motifs is 21. The quantitative estimate of drug-likeness (QED) is 0.165. The van der Waals surface area contributed by atoms with Gasteiger partial charge in [-0.1, -0.05) is 121 Å². The molecule has 6 aromatic heterocycles. The third kappa shape index (κ3) is 4.90. The standard InChI is InChI=1S/C64H38N6/c1-3-15-39(16-4-1)67-53-25-13-11-19-43(53)51-35-41(27-29-55(51)67)69-57-37-65-33-31-49(57)59-45-21-7-10-24-48(45)62-61(63(59)69)47-23-9-8-22-46(47)60-50-32-34-66-38-58(50)70(64(60)62)42-28-30-56-52(36-42)44-20-12-14-26-54(44)68(56)40-17-5-2-6-18-40/h1-38H. The number of hydrogen-bond donors (Lipinski definition) is 0. The second kappa shape index (κ2) is 14.0. The van der Waals surface area contributed by atoms with Crippen molar-refractivity contribution in [2.45, 2.75) is 0 Å². The zero-order chi connectivity index (χ0) is 45.6. The summed E-state index contributed by atoms with van der Waals surface area (Å²) in [6, 6.07) is 75.5. The van der Waals surface area contributed by atoms with Crippen molar-refractivity contribution in [3.63, 3.8) is 0 Å². The molecule has 0 aliphatic rings. The first-order chi connectivity index (χ1) is 34.8. The predicted octanol–water partition coefficient (Wildman–Crippen LogP) is 16.3. The minimum Gasteiger partial charge on any atom is -0.309 e. The van der Waals surface area contributed by atoms with Gasteiger partial charge >= 0.3 is 0 Å². The lowest BCUT2D eigenvalue weighted by molar-refractivity contribution is 1.16. The molecule has 0 aliphatic heterocycles. The molecule has 6 heterocycles. The summed E-state index contributed by atoms with van der Waals surface area (Å²) in [7, 11) is 0. The van der Waals surface area contributed by atoms with Crippen LogP contribution in [0.2, 0.25) is 0 Å². The number of nitrogens with zero attached hydrogens (tertiary/aromatic N) is 6. The van der Waals surface area contributed by atoms with Crippen LogP contribution < -0.4 is 0 Å². The van der Waals surface area contributed by atoms with Crippen molar-refractivity contribution in [1.82, 2.24) is 28.2 Å². The fraction of sp³-hybridized carbons (Fsp3) is 0. The second-order valence-electron chi connectivity index (χ2n) is 18.5. The van der Waals surface area contributed by atoms with E-state index in [1.807, 2.05) is 12.4 Å². The van der Waals surface area contributed by atoms with Gasteiger partial charge in [-0.15, -0.1) is 0 Å². The Bertz CT molecular complexity index is 4570. The van der Waals surface area contributed by atoms with E-state index in [-0.39, 0.29) is 0 Å². The molecule has 0 bridgehead atoms. The van der Waals surface area contributed by atoms with Crippen molar-refractivity contribution in [3.05, 3.63) is 231 Å². The molecule has 0 radical (unpaired) electrons. The summed E-state index contributed by atoms with van der Waals surface area (Å²) in [4.78, 5) is 9.67. The summed E-state index contributed by atoms with van der Waals surface area (Å²) in [6.45, 7) is 0. The SMILES string of the molecule is c1ccc(-n2c3ccccc3c3cc(-n4c5cnccc5c5c6ccccc6c6c(c7ccccc7c7c8ccncc8n(-c8ccc9c(c8)c8ccccc8n9-c8ccccc8)c76)c54)ccc32)cc1. The number of para-hydroxylation sites is 4. The third-order valence-electron chi connectivity index (χ3n) is 15.1. The highest BCUT2D eigenvalue weighted by Crippen LogP contribution is 2.51. The summed E-state index contributed by atoms with van der Waals surface area (Å²) in [5, 5.41) is 16.8. The number of hydrogen-bond acceptors (Lipinski definition) is 2. The second-order valence-corrected chi connectivity index (χ2v) is 18.5. The summed E-state index contributed by atoms with van der Waals surface area (Å²) in [5.74, 6) is 0. The summed E-state index contributed by atoms with van der Waals surface area (Å²) < 4.78 is 9.77. The average molecular weight is 891 g/mol.